The van der Waals surface area contributed by atoms with Crippen LogP contribution in [-0.2, 0) is 11.2 Å². The van der Waals surface area contributed by atoms with Crippen LogP contribution < -0.4 is 11.5 Å². The van der Waals surface area contributed by atoms with E-state index < -0.39 is 11.9 Å². The van der Waals surface area contributed by atoms with Crippen LogP contribution in [0.4, 0.5) is 0 Å². The smallest absolute Gasteiger partial charge is 0.234 e. The first-order chi connectivity index (χ1) is 7.49. The van der Waals surface area contributed by atoms with E-state index in [9.17, 15) is 4.79 Å². The molecule has 0 aliphatic heterocycles. The lowest BCUT2D eigenvalue weighted by atomic mass is 10.0. The normalized spacial score (nSPS) is 12.4. The number of carbonyl (C=O) groups excluding carboxylic acids is 1. The number of amides is 1. The highest BCUT2D eigenvalue weighted by Gasteiger charge is 2.08. The molecular formula is C13H20N2O. The molecule has 0 fully saturated rings. The molecule has 1 rings (SSSR count). The molecule has 88 valence electrons. The van der Waals surface area contributed by atoms with Crippen molar-refractivity contribution < 1.29 is 4.79 Å². The predicted molar refractivity (Wildman–Crippen MR) is 66.0 cm³/mol. The fourth-order valence-electron chi connectivity index (χ4n) is 1.88. The van der Waals surface area contributed by atoms with Gasteiger partial charge in [-0.05, 0) is 38.7 Å². The molecule has 0 aliphatic carbocycles. The van der Waals surface area contributed by atoms with Crippen molar-refractivity contribution in [1.29, 1.82) is 0 Å². The van der Waals surface area contributed by atoms with Gasteiger partial charge in [0.25, 0.3) is 0 Å². The summed E-state index contributed by atoms with van der Waals surface area (Å²) in [5.41, 5.74) is 14.5. The Bertz CT molecular complexity index is 354. The van der Waals surface area contributed by atoms with Gasteiger partial charge in [-0.2, -0.15) is 0 Å². The van der Waals surface area contributed by atoms with Crippen LogP contribution in [0.2, 0.25) is 0 Å². The van der Waals surface area contributed by atoms with Gasteiger partial charge in [-0.3, -0.25) is 4.79 Å². The summed E-state index contributed by atoms with van der Waals surface area (Å²) in [7, 11) is 0. The summed E-state index contributed by atoms with van der Waals surface area (Å²) in [6, 6.07) is 5.98. The van der Waals surface area contributed by atoms with Crippen molar-refractivity contribution in [3.8, 4) is 0 Å². The van der Waals surface area contributed by atoms with E-state index in [0.717, 1.165) is 12.8 Å². The van der Waals surface area contributed by atoms with E-state index in [0.29, 0.717) is 6.42 Å². The van der Waals surface area contributed by atoms with Gasteiger partial charge in [0, 0.05) is 0 Å². The third kappa shape index (κ3) is 4.03. The largest absolute Gasteiger partial charge is 0.368 e. The summed E-state index contributed by atoms with van der Waals surface area (Å²) < 4.78 is 0. The van der Waals surface area contributed by atoms with E-state index in [2.05, 4.69) is 32.0 Å². The zero-order valence-corrected chi connectivity index (χ0v) is 9.99. The van der Waals surface area contributed by atoms with Gasteiger partial charge in [0.05, 0.1) is 6.04 Å². The number of rotatable bonds is 5. The van der Waals surface area contributed by atoms with Gasteiger partial charge >= 0.3 is 0 Å². The molecule has 16 heavy (non-hydrogen) atoms. The minimum atomic E-state index is -0.508. The molecule has 0 heterocycles. The molecule has 1 aromatic rings. The first kappa shape index (κ1) is 12.7. The van der Waals surface area contributed by atoms with Gasteiger partial charge in [0.15, 0.2) is 0 Å². The molecular weight excluding hydrogens is 200 g/mol. The Kier molecular flexibility index (Phi) is 4.50. The second-order valence-corrected chi connectivity index (χ2v) is 4.40. The van der Waals surface area contributed by atoms with Crippen molar-refractivity contribution in [3.05, 3.63) is 34.9 Å². The molecule has 0 spiro atoms. The SMILES string of the molecule is Cc1cc(C)cc(CCCC(N)C(N)=O)c1. The molecule has 0 radical (unpaired) electrons. The number of aryl methyl sites for hydroxylation is 3. The number of primary amides is 1. The van der Waals surface area contributed by atoms with Gasteiger partial charge in [0.2, 0.25) is 5.91 Å². The summed E-state index contributed by atoms with van der Waals surface area (Å²) in [4.78, 5) is 10.7. The highest BCUT2D eigenvalue weighted by molar-refractivity contribution is 5.79. The molecule has 3 nitrogen and oxygen atoms in total. The van der Waals surface area contributed by atoms with Crippen LogP contribution in [0.3, 0.4) is 0 Å². The summed E-state index contributed by atoms with van der Waals surface area (Å²) >= 11 is 0. The lowest BCUT2D eigenvalue weighted by molar-refractivity contribution is -0.119. The predicted octanol–water partition coefficient (Wildman–Crippen LogP) is 1.44. The molecule has 1 unspecified atom stereocenters. The van der Waals surface area contributed by atoms with Crippen LogP contribution in [0.25, 0.3) is 0 Å². The van der Waals surface area contributed by atoms with E-state index in [-0.39, 0.29) is 0 Å². The van der Waals surface area contributed by atoms with Crippen molar-refractivity contribution in [3.63, 3.8) is 0 Å². The Morgan fingerprint density at radius 3 is 2.31 bits per heavy atom. The first-order valence-electron chi connectivity index (χ1n) is 5.61. The minimum Gasteiger partial charge on any atom is -0.368 e. The number of carbonyl (C=O) groups is 1. The second-order valence-electron chi connectivity index (χ2n) is 4.40. The molecule has 1 atom stereocenters. The van der Waals surface area contributed by atoms with Crippen LogP contribution >= 0.6 is 0 Å². The maximum atomic E-state index is 10.7. The van der Waals surface area contributed by atoms with Crippen molar-refractivity contribution >= 4 is 5.91 Å². The van der Waals surface area contributed by atoms with E-state index >= 15 is 0 Å². The lowest BCUT2D eigenvalue weighted by Gasteiger charge is -2.08. The monoisotopic (exact) mass is 220 g/mol. The Labute approximate surface area is 96.8 Å². The summed E-state index contributed by atoms with van der Waals surface area (Å²) in [5, 5.41) is 0. The van der Waals surface area contributed by atoms with Gasteiger partial charge in [0.1, 0.15) is 0 Å². The number of hydrogen-bond acceptors (Lipinski definition) is 2. The van der Waals surface area contributed by atoms with E-state index in [4.69, 9.17) is 11.5 Å². The third-order valence-corrected chi connectivity index (χ3v) is 2.63. The minimum absolute atomic E-state index is 0.416. The van der Waals surface area contributed by atoms with Crippen molar-refractivity contribution in [1.82, 2.24) is 0 Å². The number of benzene rings is 1. The number of nitrogens with two attached hydrogens (primary N) is 2. The topological polar surface area (TPSA) is 69.1 Å². The molecule has 1 aromatic carbocycles. The molecule has 1 amide bonds. The molecule has 0 bridgehead atoms. The van der Waals surface area contributed by atoms with Crippen LogP contribution in [0.15, 0.2) is 18.2 Å². The Balaban J connectivity index is 2.46. The molecule has 3 heteroatoms. The standard InChI is InChI=1S/C13H20N2O/c1-9-6-10(2)8-11(7-9)4-3-5-12(14)13(15)16/h6-8,12H,3-5,14H2,1-2H3,(H2,15,16). The highest BCUT2D eigenvalue weighted by Crippen LogP contribution is 2.12. The van der Waals surface area contributed by atoms with Gasteiger partial charge < -0.3 is 11.5 Å². The highest BCUT2D eigenvalue weighted by atomic mass is 16.1. The molecule has 0 aromatic heterocycles. The quantitative estimate of drug-likeness (QED) is 0.788. The zero-order valence-electron chi connectivity index (χ0n) is 9.99. The van der Waals surface area contributed by atoms with E-state index in [1.807, 2.05) is 0 Å². The molecule has 0 saturated carbocycles. The van der Waals surface area contributed by atoms with Gasteiger partial charge in [-0.15, -0.1) is 0 Å². The maximum absolute atomic E-state index is 10.7. The maximum Gasteiger partial charge on any atom is 0.234 e. The zero-order chi connectivity index (χ0) is 12.1. The fourth-order valence-corrected chi connectivity index (χ4v) is 1.88. The van der Waals surface area contributed by atoms with Crippen LogP contribution in [0.1, 0.15) is 29.5 Å². The molecule has 4 N–H and O–H groups in total. The second kappa shape index (κ2) is 5.66. The van der Waals surface area contributed by atoms with Crippen molar-refractivity contribution in [2.24, 2.45) is 11.5 Å². The summed E-state index contributed by atoms with van der Waals surface area (Å²) in [5.74, 6) is -0.416. The Morgan fingerprint density at radius 1 is 1.25 bits per heavy atom. The van der Waals surface area contributed by atoms with Crippen LogP contribution in [0.5, 0.6) is 0 Å². The van der Waals surface area contributed by atoms with Crippen molar-refractivity contribution in [2.75, 3.05) is 0 Å². The van der Waals surface area contributed by atoms with Crippen molar-refractivity contribution in [2.45, 2.75) is 39.2 Å². The molecule has 0 saturated heterocycles. The fraction of sp³-hybridized carbons (Fsp3) is 0.462. The van der Waals surface area contributed by atoms with Gasteiger partial charge in [-0.25, -0.2) is 0 Å². The average molecular weight is 220 g/mol. The third-order valence-electron chi connectivity index (χ3n) is 2.63. The van der Waals surface area contributed by atoms with Gasteiger partial charge in [-0.1, -0.05) is 29.3 Å². The Hall–Kier alpha value is -1.35. The van der Waals surface area contributed by atoms with E-state index in [1.165, 1.54) is 16.7 Å². The Morgan fingerprint density at radius 2 is 1.81 bits per heavy atom. The summed E-state index contributed by atoms with van der Waals surface area (Å²) in [6.45, 7) is 4.18. The summed E-state index contributed by atoms with van der Waals surface area (Å²) in [6.07, 6.45) is 2.50. The van der Waals surface area contributed by atoms with Crippen LogP contribution in [0, 0.1) is 13.8 Å². The lowest BCUT2D eigenvalue weighted by Crippen LogP contribution is -2.36. The van der Waals surface area contributed by atoms with E-state index in [1.54, 1.807) is 0 Å². The number of hydrogen-bond donors (Lipinski definition) is 2. The first-order valence-corrected chi connectivity index (χ1v) is 5.61. The van der Waals surface area contributed by atoms with Crippen LogP contribution in [-0.4, -0.2) is 11.9 Å². The molecule has 0 aliphatic rings. The average Bonchev–Trinajstić information content (AvgIpc) is 2.15.